The topological polar surface area (TPSA) is 46.3 Å². The van der Waals surface area contributed by atoms with Gasteiger partial charge >= 0.3 is 0 Å². The minimum absolute atomic E-state index is 0.668. The van der Waals surface area contributed by atoms with E-state index in [0.29, 0.717) is 22.7 Å². The molecule has 2 aliphatic rings. The summed E-state index contributed by atoms with van der Waals surface area (Å²) in [6.07, 6.45) is 0. The lowest BCUT2D eigenvalue weighted by atomic mass is 10.2. The fraction of sp³-hybridized carbons (Fsp3) is 0. The summed E-state index contributed by atoms with van der Waals surface area (Å²) in [5.41, 5.74) is 2.67. The number of rotatable bonds is 0. The molecule has 0 saturated heterocycles. The van der Waals surface area contributed by atoms with E-state index in [2.05, 4.69) is 24.3 Å². The van der Waals surface area contributed by atoms with E-state index in [9.17, 15) is 10.4 Å². The number of nitrogens with zero attached hydrogens (tertiary/aromatic N) is 2. The summed E-state index contributed by atoms with van der Waals surface area (Å²) in [4.78, 5) is 0. The van der Waals surface area contributed by atoms with Crippen molar-refractivity contribution >= 4 is 51.6 Å². The summed E-state index contributed by atoms with van der Waals surface area (Å²) in [5.74, 6) is 0. The molecule has 4 aromatic rings. The lowest BCUT2D eigenvalue weighted by molar-refractivity contribution is 0.196. The number of hydrogen-bond donors (Lipinski definition) is 0. The van der Waals surface area contributed by atoms with Gasteiger partial charge < -0.3 is 0 Å². The molecule has 0 aromatic heterocycles. The van der Waals surface area contributed by atoms with Crippen LogP contribution >= 0.6 is 0 Å². The number of para-hydroxylation sites is 4. The molecule has 0 N–H and O–H groups in total. The Morgan fingerprint density at radius 1 is 0.414 bits per heavy atom. The van der Waals surface area contributed by atoms with Gasteiger partial charge in [-0.15, -0.1) is 0 Å². The Labute approximate surface area is 169 Å². The molecule has 2 heterocycles. The van der Waals surface area contributed by atoms with Gasteiger partial charge in [-0.05, 0) is 45.0 Å². The van der Waals surface area contributed by atoms with Crippen molar-refractivity contribution in [1.82, 2.24) is 0 Å². The molecular weight excluding hydrogens is 376 g/mol. The standard InChI is InChI=1S/C24H16N2O2Si/c27-25-17-9-1-5-13-21(17)29(22-14-6-2-10-18(22)25)23-15-7-3-11-19(23)26(28)20-12-4-8-16-24(20)29/h1-16H. The zero-order valence-corrected chi connectivity index (χ0v) is 16.4. The highest BCUT2D eigenvalue weighted by Crippen LogP contribution is 2.36. The van der Waals surface area contributed by atoms with Crippen LogP contribution in [-0.2, 0) is 10.4 Å². The molecule has 2 radical (unpaired) electrons. The monoisotopic (exact) mass is 392 g/mol. The van der Waals surface area contributed by atoms with E-state index in [1.165, 1.54) is 0 Å². The minimum Gasteiger partial charge on any atom is -0.189 e. The Bertz CT molecular complexity index is 1080. The lowest BCUT2D eigenvalue weighted by Crippen LogP contribution is -2.79. The van der Waals surface area contributed by atoms with Crippen LogP contribution in [0.1, 0.15) is 0 Å². The van der Waals surface area contributed by atoms with E-state index in [4.69, 9.17) is 0 Å². The van der Waals surface area contributed by atoms with Crippen molar-refractivity contribution in [2.24, 2.45) is 0 Å². The van der Waals surface area contributed by atoms with E-state index in [1.54, 1.807) is 0 Å². The summed E-state index contributed by atoms with van der Waals surface area (Å²) in [6, 6.07) is 31.4. The second kappa shape index (κ2) is 5.81. The van der Waals surface area contributed by atoms with Crippen molar-refractivity contribution < 1.29 is 10.4 Å². The first-order valence-electron chi connectivity index (χ1n) is 9.57. The quantitative estimate of drug-likeness (QED) is 0.432. The normalized spacial score (nSPS) is 15.4. The Morgan fingerprint density at radius 2 is 0.655 bits per heavy atom. The Balaban J connectivity index is 1.87. The summed E-state index contributed by atoms with van der Waals surface area (Å²) < 4.78 is 0. The maximum atomic E-state index is 13.3. The highest BCUT2D eigenvalue weighted by molar-refractivity contribution is 7.22. The second-order valence-electron chi connectivity index (χ2n) is 7.41. The van der Waals surface area contributed by atoms with E-state index in [-0.39, 0.29) is 0 Å². The van der Waals surface area contributed by atoms with Gasteiger partial charge in [0.05, 0.1) is 22.7 Å². The van der Waals surface area contributed by atoms with Gasteiger partial charge in [-0.2, -0.15) is 10.1 Å². The SMILES string of the molecule is [O]N1c2ccccc2[Si]2(c3ccccc31)c1ccccc1N([O])c1ccccc12. The van der Waals surface area contributed by atoms with Gasteiger partial charge in [-0.1, -0.05) is 83.2 Å². The van der Waals surface area contributed by atoms with Crippen LogP contribution in [-0.4, -0.2) is 8.07 Å². The van der Waals surface area contributed by atoms with Crippen LogP contribution in [0.3, 0.4) is 0 Å². The maximum absolute atomic E-state index is 13.3. The third-order valence-corrected chi connectivity index (χ3v) is 11.0. The zero-order chi connectivity index (χ0) is 19.6. The third kappa shape index (κ3) is 1.94. The van der Waals surface area contributed by atoms with Gasteiger partial charge in [-0.25, -0.2) is 0 Å². The van der Waals surface area contributed by atoms with Gasteiger partial charge in [0.15, 0.2) is 8.07 Å². The second-order valence-corrected chi connectivity index (χ2v) is 11.1. The summed E-state index contributed by atoms with van der Waals surface area (Å²) in [7, 11) is -2.82. The fourth-order valence-corrected chi connectivity index (χ4v) is 10.4. The van der Waals surface area contributed by atoms with Crippen LogP contribution in [0.5, 0.6) is 0 Å². The van der Waals surface area contributed by atoms with Crippen LogP contribution in [0, 0.1) is 0 Å². The average molecular weight is 392 g/mol. The smallest absolute Gasteiger partial charge is 0.188 e. The van der Waals surface area contributed by atoms with Crippen molar-refractivity contribution in [2.75, 3.05) is 10.1 Å². The Morgan fingerprint density at radius 3 is 0.931 bits per heavy atom. The molecular formula is C24H16N2O2Si. The van der Waals surface area contributed by atoms with Crippen LogP contribution in [0.15, 0.2) is 97.1 Å². The van der Waals surface area contributed by atoms with Crippen molar-refractivity contribution in [3.8, 4) is 0 Å². The molecule has 0 fully saturated rings. The summed E-state index contributed by atoms with van der Waals surface area (Å²) in [6.45, 7) is 0. The van der Waals surface area contributed by atoms with Crippen molar-refractivity contribution in [1.29, 1.82) is 0 Å². The van der Waals surface area contributed by atoms with Crippen LogP contribution < -0.4 is 30.9 Å². The first kappa shape index (κ1) is 16.6. The van der Waals surface area contributed by atoms with Crippen molar-refractivity contribution in [3.63, 3.8) is 0 Å². The van der Waals surface area contributed by atoms with Crippen LogP contribution in [0.25, 0.3) is 0 Å². The molecule has 4 nitrogen and oxygen atoms in total. The fourth-order valence-electron chi connectivity index (χ4n) is 5.00. The molecule has 5 heteroatoms. The highest BCUT2D eigenvalue weighted by Gasteiger charge is 2.53. The van der Waals surface area contributed by atoms with Crippen molar-refractivity contribution in [2.45, 2.75) is 0 Å². The van der Waals surface area contributed by atoms with Crippen molar-refractivity contribution in [3.05, 3.63) is 97.1 Å². The third-order valence-electron chi connectivity index (χ3n) is 6.11. The zero-order valence-electron chi connectivity index (χ0n) is 15.4. The first-order valence-corrected chi connectivity index (χ1v) is 11.6. The maximum Gasteiger partial charge on any atom is 0.188 e. The van der Waals surface area contributed by atoms with Gasteiger partial charge in [-0.3, -0.25) is 0 Å². The molecule has 0 aliphatic carbocycles. The first-order chi connectivity index (χ1) is 14.2. The number of benzene rings is 4. The van der Waals surface area contributed by atoms with E-state index >= 15 is 0 Å². The van der Waals surface area contributed by atoms with Crippen LogP contribution in [0.2, 0.25) is 0 Å². The summed E-state index contributed by atoms with van der Waals surface area (Å²) in [5, 5.41) is 32.8. The summed E-state index contributed by atoms with van der Waals surface area (Å²) >= 11 is 0. The highest BCUT2D eigenvalue weighted by atomic mass is 28.3. The lowest BCUT2D eigenvalue weighted by Gasteiger charge is -2.46. The molecule has 0 atom stereocenters. The molecule has 138 valence electrons. The molecule has 0 bridgehead atoms. The molecule has 1 spiro atoms. The van der Waals surface area contributed by atoms with E-state index in [1.807, 2.05) is 72.8 Å². The minimum atomic E-state index is -2.82. The van der Waals surface area contributed by atoms with Gasteiger partial charge in [0.25, 0.3) is 0 Å². The predicted octanol–water partition coefficient (Wildman–Crippen LogP) is 2.66. The molecule has 0 amide bonds. The van der Waals surface area contributed by atoms with Gasteiger partial charge in [0.1, 0.15) is 0 Å². The average Bonchev–Trinajstić information content (AvgIpc) is 2.79. The van der Waals surface area contributed by atoms with Crippen LogP contribution in [0.4, 0.5) is 22.7 Å². The van der Waals surface area contributed by atoms with E-state index < -0.39 is 8.07 Å². The molecule has 6 rings (SSSR count). The largest absolute Gasteiger partial charge is 0.189 e. The molecule has 2 aliphatic heterocycles. The van der Waals surface area contributed by atoms with Gasteiger partial charge in [0.2, 0.25) is 0 Å². The number of fused-ring (bicyclic) bond motifs is 8. The predicted molar refractivity (Wildman–Crippen MR) is 116 cm³/mol. The van der Waals surface area contributed by atoms with Gasteiger partial charge in [0, 0.05) is 0 Å². The number of anilines is 4. The Hall–Kier alpha value is -3.38. The Kier molecular flexibility index (Phi) is 3.32. The molecule has 0 saturated carbocycles. The number of hydrogen-bond acceptors (Lipinski definition) is 2. The molecule has 4 aromatic carbocycles. The van der Waals surface area contributed by atoms with E-state index in [0.717, 1.165) is 30.9 Å². The molecule has 0 unspecified atom stereocenters. The molecule has 29 heavy (non-hydrogen) atoms.